The van der Waals surface area contributed by atoms with Gasteiger partial charge in [-0.3, -0.25) is 0 Å². The van der Waals surface area contributed by atoms with Gasteiger partial charge in [-0.15, -0.1) is 0 Å². The number of rotatable bonds is 4. The lowest BCUT2D eigenvalue weighted by molar-refractivity contribution is 0.0955. The van der Waals surface area contributed by atoms with Gasteiger partial charge in [-0.2, -0.15) is 0 Å². The monoisotopic (exact) mass is 221 g/mol. The summed E-state index contributed by atoms with van der Waals surface area (Å²) in [6.45, 7) is 0.898. The maximum absolute atomic E-state index is 9.55. The lowest BCUT2D eigenvalue weighted by Gasteiger charge is -2.13. The summed E-state index contributed by atoms with van der Waals surface area (Å²) in [5.41, 5.74) is 2.03. The molecule has 0 saturated carbocycles. The first-order valence-electron chi connectivity index (χ1n) is 5.90. The predicted octanol–water partition coefficient (Wildman–Crippen LogP) is 1.01. The van der Waals surface area contributed by atoms with Gasteiger partial charge in [0.15, 0.2) is 0 Å². The molecule has 1 saturated heterocycles. The average Bonchev–Trinajstić information content (AvgIpc) is 2.81. The van der Waals surface area contributed by atoms with Gasteiger partial charge in [-0.25, -0.2) is 0 Å². The summed E-state index contributed by atoms with van der Waals surface area (Å²) in [6.07, 6.45) is 2.74. The summed E-state index contributed by atoms with van der Waals surface area (Å²) in [5.74, 6) is 0. The van der Waals surface area contributed by atoms with Crippen molar-refractivity contribution in [2.24, 2.45) is 0 Å². The Morgan fingerprint density at radius 3 is 3.00 bits per heavy atom. The molecule has 1 aliphatic rings. The second-order valence-electron chi connectivity index (χ2n) is 4.44. The maximum Gasteiger partial charge on any atom is 0.102 e. The van der Waals surface area contributed by atoms with Gasteiger partial charge in [-0.1, -0.05) is 24.3 Å². The van der Waals surface area contributed by atoms with Gasteiger partial charge in [-0.05, 0) is 36.9 Å². The highest BCUT2D eigenvalue weighted by Gasteiger charge is 2.15. The van der Waals surface area contributed by atoms with Crippen LogP contribution in [0.25, 0.3) is 0 Å². The van der Waals surface area contributed by atoms with E-state index in [0.717, 1.165) is 18.5 Å². The van der Waals surface area contributed by atoms with Gasteiger partial charge in [0.2, 0.25) is 0 Å². The van der Waals surface area contributed by atoms with Crippen molar-refractivity contribution >= 4 is 0 Å². The van der Waals surface area contributed by atoms with Crippen LogP contribution in [0.2, 0.25) is 0 Å². The molecule has 88 valence electrons. The Bertz CT molecular complexity index is 334. The quantitative estimate of drug-likeness (QED) is 0.711. The van der Waals surface area contributed by atoms with Gasteiger partial charge in [0.1, 0.15) is 6.10 Å². The second-order valence-corrected chi connectivity index (χ2v) is 4.44. The summed E-state index contributed by atoms with van der Waals surface area (Å²) in [4.78, 5) is 0. The van der Waals surface area contributed by atoms with Crippen LogP contribution in [0.4, 0.5) is 0 Å². The lowest BCUT2D eigenvalue weighted by Crippen LogP contribution is -2.23. The first-order chi connectivity index (χ1) is 7.79. The van der Waals surface area contributed by atoms with Crippen LogP contribution in [0.1, 0.15) is 30.1 Å². The van der Waals surface area contributed by atoms with Crippen LogP contribution >= 0.6 is 0 Å². The van der Waals surface area contributed by atoms with Crippen LogP contribution in [-0.2, 0) is 6.42 Å². The number of aliphatic hydroxyl groups excluding tert-OH is 2. The molecule has 0 aromatic heterocycles. The van der Waals surface area contributed by atoms with E-state index >= 15 is 0 Å². The van der Waals surface area contributed by atoms with Crippen molar-refractivity contribution in [1.29, 1.82) is 0 Å². The Morgan fingerprint density at radius 1 is 1.44 bits per heavy atom. The van der Waals surface area contributed by atoms with Crippen LogP contribution in [0.15, 0.2) is 24.3 Å². The summed E-state index contributed by atoms with van der Waals surface area (Å²) >= 11 is 0. The van der Waals surface area contributed by atoms with Crippen molar-refractivity contribution in [2.45, 2.75) is 31.4 Å². The smallest absolute Gasteiger partial charge is 0.102 e. The van der Waals surface area contributed by atoms with Gasteiger partial charge in [0.25, 0.3) is 0 Å². The Kier molecular flexibility index (Phi) is 3.93. The summed E-state index contributed by atoms with van der Waals surface area (Å²) in [5, 5.41) is 21.9. The first kappa shape index (κ1) is 11.6. The van der Waals surface area contributed by atoms with Crippen molar-refractivity contribution in [1.82, 2.24) is 5.32 Å². The zero-order valence-corrected chi connectivity index (χ0v) is 9.39. The number of hydrogen-bond acceptors (Lipinski definition) is 3. The number of hydrogen-bond donors (Lipinski definition) is 3. The molecule has 16 heavy (non-hydrogen) atoms. The molecule has 3 heteroatoms. The third-order valence-electron chi connectivity index (χ3n) is 3.15. The van der Waals surface area contributed by atoms with Crippen LogP contribution in [0.5, 0.6) is 0 Å². The van der Waals surface area contributed by atoms with E-state index in [-0.39, 0.29) is 6.61 Å². The largest absolute Gasteiger partial charge is 0.393 e. The maximum atomic E-state index is 9.55. The van der Waals surface area contributed by atoms with Crippen LogP contribution in [-0.4, -0.2) is 29.4 Å². The summed E-state index contributed by atoms with van der Waals surface area (Å²) < 4.78 is 0. The highest BCUT2D eigenvalue weighted by Crippen LogP contribution is 2.17. The fourth-order valence-corrected chi connectivity index (χ4v) is 2.25. The topological polar surface area (TPSA) is 52.5 Å². The average molecular weight is 221 g/mol. The molecule has 1 aromatic rings. The summed E-state index contributed by atoms with van der Waals surface area (Å²) in [6, 6.07) is 8.43. The van der Waals surface area contributed by atoms with Crippen LogP contribution in [0.3, 0.4) is 0 Å². The molecule has 0 aliphatic carbocycles. The zero-order valence-electron chi connectivity index (χ0n) is 9.39. The number of aliphatic hydroxyl groups is 2. The zero-order chi connectivity index (χ0) is 11.4. The molecule has 1 heterocycles. The molecular formula is C13H19NO2. The van der Waals surface area contributed by atoms with Crippen LogP contribution < -0.4 is 5.32 Å². The number of nitrogens with one attached hydrogen (secondary N) is 1. The highest BCUT2D eigenvalue weighted by molar-refractivity contribution is 5.26. The normalized spacial score (nSPS) is 22.2. The molecule has 1 aromatic carbocycles. The van der Waals surface area contributed by atoms with Crippen molar-refractivity contribution in [3.8, 4) is 0 Å². The minimum atomic E-state index is -0.753. The van der Waals surface area contributed by atoms with Crippen molar-refractivity contribution in [3.63, 3.8) is 0 Å². The van der Waals surface area contributed by atoms with E-state index in [1.54, 1.807) is 0 Å². The Morgan fingerprint density at radius 2 is 2.31 bits per heavy atom. The molecular weight excluding hydrogens is 202 g/mol. The number of benzene rings is 1. The van der Waals surface area contributed by atoms with Gasteiger partial charge in [0.05, 0.1) is 6.61 Å². The third kappa shape index (κ3) is 2.82. The van der Waals surface area contributed by atoms with Gasteiger partial charge >= 0.3 is 0 Å². The Labute approximate surface area is 96.1 Å². The molecule has 0 radical (unpaired) electrons. The highest BCUT2D eigenvalue weighted by atomic mass is 16.3. The molecule has 3 N–H and O–H groups in total. The molecule has 1 fully saturated rings. The fourth-order valence-electron chi connectivity index (χ4n) is 2.25. The Hall–Kier alpha value is -0.900. The van der Waals surface area contributed by atoms with E-state index < -0.39 is 6.10 Å². The van der Waals surface area contributed by atoms with Gasteiger partial charge < -0.3 is 15.5 Å². The second kappa shape index (κ2) is 5.43. The first-order valence-corrected chi connectivity index (χ1v) is 5.90. The predicted molar refractivity (Wildman–Crippen MR) is 63.2 cm³/mol. The van der Waals surface area contributed by atoms with Crippen molar-refractivity contribution < 1.29 is 10.2 Å². The van der Waals surface area contributed by atoms with E-state index in [0.29, 0.717) is 6.04 Å². The minimum absolute atomic E-state index is 0.217. The Balaban J connectivity index is 2.03. The van der Waals surface area contributed by atoms with Crippen molar-refractivity contribution in [3.05, 3.63) is 35.4 Å². The van der Waals surface area contributed by atoms with Gasteiger partial charge in [0, 0.05) is 6.04 Å². The summed E-state index contributed by atoms with van der Waals surface area (Å²) in [7, 11) is 0. The third-order valence-corrected chi connectivity index (χ3v) is 3.15. The van der Waals surface area contributed by atoms with Crippen molar-refractivity contribution in [2.75, 3.05) is 13.2 Å². The minimum Gasteiger partial charge on any atom is -0.393 e. The molecule has 2 rings (SSSR count). The van der Waals surface area contributed by atoms with E-state index in [9.17, 15) is 5.11 Å². The van der Waals surface area contributed by atoms with E-state index in [1.165, 1.54) is 18.4 Å². The fraction of sp³-hybridized carbons (Fsp3) is 0.538. The molecule has 3 nitrogen and oxygen atoms in total. The standard InChI is InChI=1S/C13H19NO2/c15-9-13(16)11-4-1-3-10(7-11)8-12-5-2-6-14-12/h1,3-4,7,12-16H,2,5-6,8-9H2. The van der Waals surface area contributed by atoms with Crippen LogP contribution in [0, 0.1) is 0 Å². The molecule has 1 aliphatic heterocycles. The van der Waals surface area contributed by atoms with E-state index in [4.69, 9.17) is 5.11 Å². The van der Waals surface area contributed by atoms with E-state index in [1.807, 2.05) is 18.2 Å². The molecule has 0 amide bonds. The SMILES string of the molecule is OCC(O)c1cccc(CC2CCCN2)c1. The molecule has 0 spiro atoms. The van der Waals surface area contributed by atoms with E-state index in [2.05, 4.69) is 11.4 Å². The lowest BCUT2D eigenvalue weighted by atomic mass is 10.0. The molecule has 2 unspecified atom stereocenters. The molecule has 2 atom stereocenters. The molecule has 0 bridgehead atoms.